The van der Waals surface area contributed by atoms with Crippen LogP contribution in [0.5, 0.6) is 0 Å². The zero-order valence-corrected chi connectivity index (χ0v) is 14.8. The molecule has 1 amide bonds. The molecule has 2 fully saturated rings. The Labute approximate surface area is 152 Å². The van der Waals surface area contributed by atoms with Crippen LogP contribution in [0.4, 0.5) is 13.2 Å². The standard InChI is InChI=1S/C18H23F3N2O.ClH/c19-18(20,21)14-7-11-23(12-8-14)17(24)16-4-2-1-3-15(16)13-5-9-22-10-6-13;/h1-4,13-14,22H,5-12H2;1H. The van der Waals surface area contributed by atoms with E-state index in [1.54, 1.807) is 4.90 Å². The second kappa shape index (κ2) is 8.41. The van der Waals surface area contributed by atoms with Crippen molar-refractivity contribution in [2.24, 2.45) is 5.92 Å². The van der Waals surface area contributed by atoms with Gasteiger partial charge < -0.3 is 10.2 Å². The van der Waals surface area contributed by atoms with Gasteiger partial charge in [0.1, 0.15) is 0 Å². The quantitative estimate of drug-likeness (QED) is 0.846. The van der Waals surface area contributed by atoms with Crippen LogP contribution in [-0.2, 0) is 0 Å². The molecule has 0 unspecified atom stereocenters. The molecule has 0 bridgehead atoms. The van der Waals surface area contributed by atoms with E-state index in [9.17, 15) is 18.0 Å². The first kappa shape index (κ1) is 20.0. The second-order valence-corrected chi connectivity index (χ2v) is 6.72. The number of rotatable bonds is 2. The summed E-state index contributed by atoms with van der Waals surface area (Å²) < 4.78 is 38.4. The fraction of sp³-hybridized carbons (Fsp3) is 0.611. The molecule has 3 rings (SSSR count). The topological polar surface area (TPSA) is 32.3 Å². The Morgan fingerprint density at radius 1 is 1.04 bits per heavy atom. The summed E-state index contributed by atoms with van der Waals surface area (Å²) in [4.78, 5) is 14.4. The summed E-state index contributed by atoms with van der Waals surface area (Å²) in [6, 6.07) is 7.57. The number of carbonyl (C=O) groups excluding carboxylic acids is 1. The van der Waals surface area contributed by atoms with Crippen LogP contribution in [0.1, 0.15) is 47.5 Å². The number of nitrogens with zero attached hydrogens (tertiary/aromatic N) is 1. The Bertz CT molecular complexity index is 580. The number of halogens is 4. The van der Waals surface area contributed by atoms with Crippen LogP contribution < -0.4 is 5.32 Å². The summed E-state index contributed by atoms with van der Waals surface area (Å²) in [5, 5.41) is 3.31. The number of hydrogen-bond donors (Lipinski definition) is 1. The maximum atomic E-state index is 12.8. The molecular formula is C18H24ClF3N2O. The molecule has 2 heterocycles. The molecule has 0 spiro atoms. The van der Waals surface area contributed by atoms with Crippen LogP contribution >= 0.6 is 12.4 Å². The lowest BCUT2D eigenvalue weighted by Crippen LogP contribution is -2.42. The predicted molar refractivity (Wildman–Crippen MR) is 93.2 cm³/mol. The highest BCUT2D eigenvalue weighted by atomic mass is 35.5. The van der Waals surface area contributed by atoms with Crippen LogP contribution in [-0.4, -0.2) is 43.2 Å². The van der Waals surface area contributed by atoms with Crippen molar-refractivity contribution in [2.45, 2.75) is 37.8 Å². The predicted octanol–water partition coefficient (Wildman–Crippen LogP) is 3.99. The molecule has 3 nitrogen and oxygen atoms in total. The molecule has 0 aliphatic carbocycles. The van der Waals surface area contributed by atoms with Gasteiger partial charge in [0.25, 0.3) is 5.91 Å². The van der Waals surface area contributed by atoms with E-state index < -0.39 is 12.1 Å². The highest BCUT2D eigenvalue weighted by molar-refractivity contribution is 5.96. The van der Waals surface area contributed by atoms with Gasteiger partial charge in [0.15, 0.2) is 0 Å². The van der Waals surface area contributed by atoms with E-state index in [4.69, 9.17) is 0 Å². The molecule has 2 aliphatic rings. The zero-order chi connectivity index (χ0) is 17.2. The van der Waals surface area contributed by atoms with Crippen LogP contribution in [0.3, 0.4) is 0 Å². The van der Waals surface area contributed by atoms with Gasteiger partial charge in [-0.3, -0.25) is 4.79 Å². The third-order valence-corrected chi connectivity index (χ3v) is 5.22. The van der Waals surface area contributed by atoms with Crippen molar-refractivity contribution < 1.29 is 18.0 Å². The molecule has 2 aliphatic heterocycles. The van der Waals surface area contributed by atoms with Gasteiger partial charge in [-0.05, 0) is 56.3 Å². The maximum Gasteiger partial charge on any atom is 0.391 e. The Hall–Kier alpha value is -1.27. The lowest BCUT2D eigenvalue weighted by Gasteiger charge is -2.34. The molecule has 1 N–H and O–H groups in total. The molecule has 1 aromatic carbocycles. The largest absolute Gasteiger partial charge is 0.391 e. The summed E-state index contributed by atoms with van der Waals surface area (Å²) >= 11 is 0. The van der Waals surface area contributed by atoms with Gasteiger partial charge in [-0.15, -0.1) is 12.4 Å². The third-order valence-electron chi connectivity index (χ3n) is 5.22. The van der Waals surface area contributed by atoms with Crippen molar-refractivity contribution in [1.82, 2.24) is 10.2 Å². The number of piperidine rings is 2. The molecule has 140 valence electrons. The first-order valence-electron chi connectivity index (χ1n) is 8.62. The molecular weight excluding hydrogens is 353 g/mol. The highest BCUT2D eigenvalue weighted by Gasteiger charge is 2.42. The van der Waals surface area contributed by atoms with E-state index in [1.807, 2.05) is 24.3 Å². The average molecular weight is 377 g/mol. The van der Waals surface area contributed by atoms with Crippen molar-refractivity contribution in [2.75, 3.05) is 26.2 Å². The van der Waals surface area contributed by atoms with E-state index in [1.165, 1.54) is 0 Å². The zero-order valence-electron chi connectivity index (χ0n) is 14.0. The molecule has 7 heteroatoms. The summed E-state index contributed by atoms with van der Waals surface area (Å²) in [6.45, 7) is 2.24. The average Bonchev–Trinajstić information content (AvgIpc) is 2.61. The van der Waals surface area contributed by atoms with Gasteiger partial charge in [-0.2, -0.15) is 13.2 Å². The summed E-state index contributed by atoms with van der Waals surface area (Å²) in [5.41, 5.74) is 1.71. The fourth-order valence-corrected chi connectivity index (χ4v) is 3.76. The Morgan fingerprint density at radius 3 is 2.24 bits per heavy atom. The van der Waals surface area contributed by atoms with Gasteiger partial charge in [0.05, 0.1) is 5.92 Å². The van der Waals surface area contributed by atoms with Crippen molar-refractivity contribution in [3.63, 3.8) is 0 Å². The van der Waals surface area contributed by atoms with E-state index in [-0.39, 0.29) is 44.2 Å². The monoisotopic (exact) mass is 376 g/mol. The molecule has 0 radical (unpaired) electrons. The van der Waals surface area contributed by atoms with Gasteiger partial charge in [-0.25, -0.2) is 0 Å². The van der Waals surface area contributed by atoms with Crippen LogP contribution in [0, 0.1) is 5.92 Å². The second-order valence-electron chi connectivity index (χ2n) is 6.72. The van der Waals surface area contributed by atoms with Crippen molar-refractivity contribution in [3.8, 4) is 0 Å². The number of alkyl halides is 3. The van der Waals surface area contributed by atoms with Crippen LogP contribution in [0.25, 0.3) is 0 Å². The minimum absolute atomic E-state index is 0. The van der Waals surface area contributed by atoms with Gasteiger partial charge >= 0.3 is 6.18 Å². The van der Waals surface area contributed by atoms with Gasteiger partial charge in [0.2, 0.25) is 0 Å². The minimum Gasteiger partial charge on any atom is -0.339 e. The van der Waals surface area contributed by atoms with Crippen LogP contribution in [0.2, 0.25) is 0 Å². The van der Waals surface area contributed by atoms with E-state index in [2.05, 4.69) is 5.32 Å². The molecule has 0 aromatic heterocycles. The molecule has 0 saturated carbocycles. The number of amides is 1. The summed E-state index contributed by atoms with van der Waals surface area (Å²) in [6.07, 6.45) is -2.17. The van der Waals surface area contributed by atoms with Gasteiger partial charge in [0, 0.05) is 18.7 Å². The third kappa shape index (κ3) is 4.67. The smallest absolute Gasteiger partial charge is 0.339 e. The number of likely N-dealkylation sites (tertiary alicyclic amines) is 1. The molecule has 0 atom stereocenters. The number of hydrogen-bond acceptors (Lipinski definition) is 2. The normalized spacial score (nSPS) is 20.2. The molecule has 25 heavy (non-hydrogen) atoms. The number of carbonyl (C=O) groups is 1. The van der Waals surface area contributed by atoms with Crippen LogP contribution in [0.15, 0.2) is 24.3 Å². The summed E-state index contributed by atoms with van der Waals surface area (Å²) in [5.74, 6) is -1.05. The maximum absolute atomic E-state index is 12.8. The van der Waals surface area contributed by atoms with Crippen molar-refractivity contribution in [1.29, 1.82) is 0 Å². The number of nitrogens with one attached hydrogen (secondary N) is 1. The lowest BCUT2D eigenvalue weighted by atomic mass is 9.86. The Kier molecular flexibility index (Phi) is 6.74. The number of benzene rings is 1. The first-order chi connectivity index (χ1) is 11.5. The van der Waals surface area contributed by atoms with E-state index >= 15 is 0 Å². The van der Waals surface area contributed by atoms with E-state index in [0.29, 0.717) is 11.5 Å². The fourth-order valence-electron chi connectivity index (χ4n) is 3.76. The Balaban J connectivity index is 0.00000225. The van der Waals surface area contributed by atoms with Crippen molar-refractivity contribution in [3.05, 3.63) is 35.4 Å². The lowest BCUT2D eigenvalue weighted by molar-refractivity contribution is -0.183. The Morgan fingerprint density at radius 2 is 1.64 bits per heavy atom. The first-order valence-corrected chi connectivity index (χ1v) is 8.62. The molecule has 1 aromatic rings. The SMILES string of the molecule is Cl.O=C(c1ccccc1C1CCNCC1)N1CCC(C(F)(F)F)CC1. The van der Waals surface area contributed by atoms with Crippen molar-refractivity contribution >= 4 is 18.3 Å². The molecule has 2 saturated heterocycles. The van der Waals surface area contributed by atoms with Gasteiger partial charge in [-0.1, -0.05) is 18.2 Å². The minimum atomic E-state index is -4.15. The highest BCUT2D eigenvalue weighted by Crippen LogP contribution is 2.35. The van der Waals surface area contributed by atoms with E-state index in [0.717, 1.165) is 31.5 Å². The summed E-state index contributed by atoms with van der Waals surface area (Å²) in [7, 11) is 0.